The quantitative estimate of drug-likeness (QED) is 0.722. The number of carbonyl (C=O) groups excluding carboxylic acids is 4. The summed E-state index contributed by atoms with van der Waals surface area (Å²) in [5, 5.41) is 7.98. The molecule has 1 aliphatic rings. The number of benzene rings is 2. The Morgan fingerprint density at radius 3 is 2.30 bits per heavy atom. The first-order valence-electron chi connectivity index (χ1n) is 8.33. The second kappa shape index (κ2) is 7.28. The Balaban J connectivity index is 1.76. The van der Waals surface area contributed by atoms with Gasteiger partial charge in [-0.05, 0) is 43.3 Å². The van der Waals surface area contributed by atoms with Crippen molar-refractivity contribution in [2.75, 3.05) is 24.2 Å². The summed E-state index contributed by atoms with van der Waals surface area (Å²) in [6, 6.07) is 10.7. The fraction of sp³-hybridized carbons (Fsp3) is 0.158. The second-order valence-corrected chi connectivity index (χ2v) is 5.95. The zero-order valence-electron chi connectivity index (χ0n) is 14.8. The summed E-state index contributed by atoms with van der Waals surface area (Å²) in [6.07, 6.45) is 0. The van der Waals surface area contributed by atoms with E-state index in [1.165, 1.54) is 25.2 Å². The average molecular weight is 366 g/mol. The molecule has 0 unspecified atom stereocenters. The molecule has 2 aromatic carbocycles. The van der Waals surface area contributed by atoms with Crippen LogP contribution in [-0.4, -0.2) is 42.2 Å². The van der Waals surface area contributed by atoms with Crippen LogP contribution in [0.15, 0.2) is 42.5 Å². The van der Waals surface area contributed by atoms with Crippen LogP contribution in [0.1, 0.15) is 38.0 Å². The Morgan fingerprint density at radius 2 is 1.59 bits per heavy atom. The highest BCUT2D eigenvalue weighted by molar-refractivity contribution is 6.22. The number of anilines is 2. The van der Waals surface area contributed by atoms with Gasteiger partial charge in [0.1, 0.15) is 0 Å². The van der Waals surface area contributed by atoms with E-state index in [1.54, 1.807) is 24.3 Å². The molecule has 5 amide bonds. The van der Waals surface area contributed by atoms with Crippen LogP contribution in [0.2, 0.25) is 0 Å². The summed E-state index contributed by atoms with van der Waals surface area (Å²) in [7, 11) is 1.40. The molecular formula is C19H18N4O4. The summed E-state index contributed by atoms with van der Waals surface area (Å²) < 4.78 is 0. The Hall–Kier alpha value is -3.68. The van der Waals surface area contributed by atoms with E-state index in [9.17, 15) is 19.2 Å². The molecule has 1 aliphatic heterocycles. The fourth-order valence-electron chi connectivity index (χ4n) is 2.72. The molecule has 1 heterocycles. The van der Waals surface area contributed by atoms with Crippen molar-refractivity contribution in [1.29, 1.82) is 0 Å². The summed E-state index contributed by atoms with van der Waals surface area (Å²) in [5.74, 6) is -1.24. The van der Waals surface area contributed by atoms with Crippen LogP contribution in [0.5, 0.6) is 0 Å². The van der Waals surface area contributed by atoms with Crippen molar-refractivity contribution >= 4 is 35.1 Å². The largest absolute Gasteiger partial charge is 0.338 e. The van der Waals surface area contributed by atoms with Gasteiger partial charge in [0, 0.05) is 30.5 Å². The van der Waals surface area contributed by atoms with Crippen molar-refractivity contribution in [2.24, 2.45) is 0 Å². The van der Waals surface area contributed by atoms with Crippen molar-refractivity contribution in [3.63, 3.8) is 0 Å². The van der Waals surface area contributed by atoms with E-state index in [-0.39, 0.29) is 28.6 Å². The zero-order chi connectivity index (χ0) is 19.6. The molecule has 0 fully saturated rings. The smallest absolute Gasteiger partial charge is 0.319 e. The Kier molecular flexibility index (Phi) is 4.89. The lowest BCUT2D eigenvalue weighted by Crippen LogP contribution is -2.28. The van der Waals surface area contributed by atoms with E-state index >= 15 is 0 Å². The molecule has 0 atom stereocenters. The molecule has 0 spiro atoms. The molecule has 8 nitrogen and oxygen atoms in total. The molecule has 3 N–H and O–H groups in total. The number of urea groups is 1. The van der Waals surface area contributed by atoms with E-state index in [4.69, 9.17) is 0 Å². The van der Waals surface area contributed by atoms with E-state index in [0.717, 1.165) is 4.90 Å². The van der Waals surface area contributed by atoms with Gasteiger partial charge in [-0.15, -0.1) is 0 Å². The van der Waals surface area contributed by atoms with Gasteiger partial charge in [0.2, 0.25) is 0 Å². The highest BCUT2D eigenvalue weighted by Crippen LogP contribution is 2.23. The number of hydrogen-bond donors (Lipinski definition) is 3. The van der Waals surface area contributed by atoms with Crippen molar-refractivity contribution in [3.8, 4) is 0 Å². The van der Waals surface area contributed by atoms with Crippen molar-refractivity contribution in [3.05, 3.63) is 59.2 Å². The number of hydrogen-bond acceptors (Lipinski definition) is 4. The van der Waals surface area contributed by atoms with Crippen molar-refractivity contribution in [1.82, 2.24) is 10.2 Å². The molecule has 8 heteroatoms. The maximum Gasteiger partial charge on any atom is 0.319 e. The van der Waals surface area contributed by atoms with E-state index < -0.39 is 11.8 Å². The maximum absolute atomic E-state index is 12.5. The Bertz CT molecular complexity index is 954. The minimum absolute atomic E-state index is 0.210. The Morgan fingerprint density at radius 1 is 0.926 bits per heavy atom. The number of amides is 5. The second-order valence-electron chi connectivity index (χ2n) is 5.95. The average Bonchev–Trinajstić information content (AvgIpc) is 2.86. The Labute approximate surface area is 155 Å². The molecule has 27 heavy (non-hydrogen) atoms. The third-order valence-electron chi connectivity index (χ3n) is 4.07. The van der Waals surface area contributed by atoms with Gasteiger partial charge in [-0.1, -0.05) is 6.07 Å². The highest BCUT2D eigenvalue weighted by atomic mass is 16.2. The molecule has 2 aromatic rings. The van der Waals surface area contributed by atoms with E-state index in [1.807, 2.05) is 6.92 Å². The highest BCUT2D eigenvalue weighted by Gasteiger charge is 2.33. The number of fused-ring (bicyclic) bond motifs is 1. The summed E-state index contributed by atoms with van der Waals surface area (Å²) in [6.45, 7) is 2.31. The molecule has 3 rings (SSSR count). The first-order chi connectivity index (χ1) is 12.9. The molecule has 0 aliphatic carbocycles. The van der Waals surface area contributed by atoms with Gasteiger partial charge in [-0.2, -0.15) is 0 Å². The SMILES string of the molecule is CCNC(=O)Nc1cccc(NC(=O)c2ccc3c(c2)C(=O)N(C)C3=O)c1. The van der Waals surface area contributed by atoms with E-state index in [0.29, 0.717) is 17.9 Å². The molecule has 0 radical (unpaired) electrons. The van der Waals surface area contributed by atoms with Crippen LogP contribution in [0.25, 0.3) is 0 Å². The summed E-state index contributed by atoms with van der Waals surface area (Å²) in [5.41, 5.74) is 1.76. The van der Waals surface area contributed by atoms with Gasteiger partial charge >= 0.3 is 6.03 Å². The van der Waals surface area contributed by atoms with Crippen LogP contribution >= 0.6 is 0 Å². The minimum atomic E-state index is -0.433. The third kappa shape index (κ3) is 3.64. The van der Waals surface area contributed by atoms with Gasteiger partial charge < -0.3 is 16.0 Å². The van der Waals surface area contributed by atoms with Crippen molar-refractivity contribution < 1.29 is 19.2 Å². The van der Waals surface area contributed by atoms with Crippen molar-refractivity contribution in [2.45, 2.75) is 6.92 Å². The number of nitrogens with zero attached hydrogens (tertiary/aromatic N) is 1. The van der Waals surface area contributed by atoms with Gasteiger partial charge in [-0.3, -0.25) is 19.3 Å². The number of carbonyl (C=O) groups is 4. The van der Waals surface area contributed by atoms with Gasteiger partial charge in [0.15, 0.2) is 0 Å². The minimum Gasteiger partial charge on any atom is -0.338 e. The van der Waals surface area contributed by atoms with Crippen LogP contribution in [0.3, 0.4) is 0 Å². The lowest BCUT2D eigenvalue weighted by molar-refractivity contribution is 0.0693. The number of rotatable bonds is 4. The summed E-state index contributed by atoms with van der Waals surface area (Å²) in [4.78, 5) is 49.1. The standard InChI is InChI=1S/C19H18N4O4/c1-3-20-19(27)22-13-6-4-5-12(10-13)21-16(24)11-7-8-14-15(9-11)18(26)23(2)17(14)25/h4-10H,3H2,1-2H3,(H,21,24)(H2,20,22,27). The molecular weight excluding hydrogens is 348 g/mol. The molecule has 0 saturated carbocycles. The summed E-state index contributed by atoms with van der Waals surface area (Å²) >= 11 is 0. The lowest BCUT2D eigenvalue weighted by atomic mass is 10.1. The molecule has 0 saturated heterocycles. The predicted octanol–water partition coefficient (Wildman–Crippen LogP) is 2.31. The van der Waals surface area contributed by atoms with Crippen LogP contribution in [0, 0.1) is 0 Å². The number of imide groups is 1. The first-order valence-corrected chi connectivity index (χ1v) is 8.33. The van der Waals surface area contributed by atoms with Crippen LogP contribution in [0.4, 0.5) is 16.2 Å². The van der Waals surface area contributed by atoms with Crippen LogP contribution in [-0.2, 0) is 0 Å². The molecule has 0 aromatic heterocycles. The fourth-order valence-corrected chi connectivity index (χ4v) is 2.72. The topological polar surface area (TPSA) is 108 Å². The normalized spacial score (nSPS) is 12.6. The van der Waals surface area contributed by atoms with Gasteiger partial charge in [0.25, 0.3) is 17.7 Å². The first kappa shape index (κ1) is 18.1. The zero-order valence-corrected chi connectivity index (χ0v) is 14.8. The van der Waals surface area contributed by atoms with E-state index in [2.05, 4.69) is 16.0 Å². The third-order valence-corrected chi connectivity index (χ3v) is 4.07. The van der Waals surface area contributed by atoms with Gasteiger partial charge in [0.05, 0.1) is 11.1 Å². The number of nitrogens with one attached hydrogen (secondary N) is 3. The monoisotopic (exact) mass is 366 g/mol. The van der Waals surface area contributed by atoms with Gasteiger partial charge in [-0.25, -0.2) is 4.79 Å². The molecule has 138 valence electrons. The molecule has 0 bridgehead atoms. The van der Waals surface area contributed by atoms with Crippen LogP contribution < -0.4 is 16.0 Å². The predicted molar refractivity (Wildman–Crippen MR) is 100.0 cm³/mol. The lowest BCUT2D eigenvalue weighted by Gasteiger charge is -2.09. The maximum atomic E-state index is 12.5.